The highest BCUT2D eigenvalue weighted by atomic mass is 127. The molecule has 1 heterocycles. The fourth-order valence-electron chi connectivity index (χ4n) is 1.22. The largest absolute Gasteiger partial charge is 0.469 e. The summed E-state index contributed by atoms with van der Waals surface area (Å²) in [6.45, 7) is 1.04. The van der Waals surface area contributed by atoms with Crippen molar-refractivity contribution < 1.29 is 9.53 Å². The van der Waals surface area contributed by atoms with Crippen LogP contribution >= 0.6 is 22.6 Å². The Kier molecular flexibility index (Phi) is 7.89. The molecule has 0 aromatic rings. The zero-order valence-corrected chi connectivity index (χ0v) is 9.76. The van der Waals surface area contributed by atoms with Crippen molar-refractivity contribution in [3.8, 4) is 0 Å². The highest BCUT2D eigenvalue weighted by molar-refractivity contribution is 14.1. The van der Waals surface area contributed by atoms with Crippen molar-refractivity contribution in [2.75, 3.05) is 18.6 Å². The molecule has 1 N–H and O–H groups in total. The fourth-order valence-corrected chi connectivity index (χ4v) is 1.22. The summed E-state index contributed by atoms with van der Waals surface area (Å²) in [6.07, 6.45) is 2.81. The van der Waals surface area contributed by atoms with Gasteiger partial charge in [0.2, 0.25) is 0 Å². The number of nitrogens with one attached hydrogen (secondary N) is 1. The van der Waals surface area contributed by atoms with E-state index in [4.69, 9.17) is 0 Å². The molecule has 1 fully saturated rings. The molecule has 0 saturated carbocycles. The maximum absolute atomic E-state index is 10.7. The minimum Gasteiger partial charge on any atom is -0.469 e. The van der Waals surface area contributed by atoms with Gasteiger partial charge < -0.3 is 10.1 Å². The first kappa shape index (κ1) is 12.2. The number of halogens is 1. The third-order valence-corrected chi connectivity index (χ3v) is 1.80. The van der Waals surface area contributed by atoms with Crippen LogP contribution in [0.4, 0.5) is 0 Å². The van der Waals surface area contributed by atoms with Crippen LogP contribution in [0.25, 0.3) is 0 Å². The van der Waals surface area contributed by atoms with E-state index in [2.05, 4.69) is 32.6 Å². The summed E-state index contributed by atoms with van der Waals surface area (Å²) < 4.78 is 4.53. The molecule has 3 nitrogen and oxygen atoms in total. The average molecular weight is 285 g/mol. The van der Waals surface area contributed by atoms with E-state index in [1.165, 1.54) is 13.5 Å². The van der Waals surface area contributed by atoms with Crippen molar-refractivity contribution in [3.05, 3.63) is 0 Å². The second kappa shape index (κ2) is 7.79. The van der Waals surface area contributed by atoms with Gasteiger partial charge in [-0.05, 0) is 24.3 Å². The molecule has 0 radical (unpaired) electrons. The van der Waals surface area contributed by atoms with Crippen LogP contribution in [-0.2, 0) is 9.53 Å². The lowest BCUT2D eigenvalue weighted by atomic mass is 10.2. The van der Waals surface area contributed by atoms with Gasteiger partial charge in [-0.3, -0.25) is 4.79 Å². The lowest BCUT2D eigenvalue weighted by Crippen LogP contribution is -2.24. The molecule has 1 atom stereocenters. The lowest BCUT2D eigenvalue weighted by molar-refractivity contribution is -0.141. The van der Waals surface area contributed by atoms with Crippen molar-refractivity contribution in [2.24, 2.45) is 0 Å². The fraction of sp³-hybridized carbons (Fsp3) is 0.875. The monoisotopic (exact) mass is 285 g/mol. The Balaban J connectivity index is 0.000000561. The van der Waals surface area contributed by atoms with Crippen molar-refractivity contribution in [3.63, 3.8) is 0 Å². The Labute approximate surface area is 87.4 Å². The molecule has 0 aromatic heterocycles. The van der Waals surface area contributed by atoms with Crippen molar-refractivity contribution in [2.45, 2.75) is 25.3 Å². The quantitative estimate of drug-likeness (QED) is 0.473. The molecule has 12 heavy (non-hydrogen) atoms. The van der Waals surface area contributed by atoms with Crippen LogP contribution in [0.5, 0.6) is 0 Å². The first-order valence-electron chi connectivity index (χ1n) is 4.01. The number of ether oxygens (including phenoxy) is 1. The van der Waals surface area contributed by atoms with E-state index in [0.717, 1.165) is 13.0 Å². The number of carbonyl (C=O) groups excluding carboxylic acids is 1. The molecule has 1 aliphatic rings. The first-order chi connectivity index (χ1) is 5.83. The summed E-state index contributed by atoms with van der Waals surface area (Å²) in [5, 5.41) is 3.22. The zero-order chi connectivity index (χ0) is 9.40. The third-order valence-electron chi connectivity index (χ3n) is 1.80. The molecule has 0 aliphatic carbocycles. The minimum atomic E-state index is -0.112. The Hall–Kier alpha value is 0.160. The van der Waals surface area contributed by atoms with Crippen LogP contribution in [0.15, 0.2) is 0 Å². The zero-order valence-electron chi connectivity index (χ0n) is 7.60. The van der Waals surface area contributed by atoms with Gasteiger partial charge in [0.15, 0.2) is 0 Å². The summed E-state index contributed by atoms with van der Waals surface area (Å²) in [6, 6.07) is 0.368. The molecule has 1 saturated heterocycles. The van der Waals surface area contributed by atoms with E-state index in [9.17, 15) is 4.79 Å². The molecule has 4 heteroatoms. The molecule has 0 amide bonds. The number of esters is 1. The molecule has 0 aromatic carbocycles. The summed E-state index contributed by atoms with van der Waals surface area (Å²) in [5.41, 5.74) is 0. The van der Waals surface area contributed by atoms with Gasteiger partial charge in [0, 0.05) is 6.04 Å². The van der Waals surface area contributed by atoms with Crippen LogP contribution in [0.1, 0.15) is 19.3 Å². The molecular weight excluding hydrogens is 269 g/mol. The second-order valence-corrected chi connectivity index (χ2v) is 2.57. The van der Waals surface area contributed by atoms with Gasteiger partial charge in [0.25, 0.3) is 0 Å². The van der Waals surface area contributed by atoms with E-state index in [0.29, 0.717) is 12.5 Å². The van der Waals surface area contributed by atoms with Crippen LogP contribution in [0.3, 0.4) is 0 Å². The van der Waals surface area contributed by atoms with Gasteiger partial charge in [-0.1, -0.05) is 22.6 Å². The Morgan fingerprint density at radius 1 is 1.67 bits per heavy atom. The predicted octanol–water partition coefficient (Wildman–Crippen LogP) is 1.35. The Bertz CT molecular complexity index is 124. The standard InChI is InChI=1S/C7H13NO2.CH3I/c1-10-7(9)5-6-3-2-4-8-6;1-2/h6,8H,2-5H2,1H3;1H3/t6-;/m0./s1. The van der Waals surface area contributed by atoms with Crippen LogP contribution < -0.4 is 5.32 Å². The maximum Gasteiger partial charge on any atom is 0.307 e. The average Bonchev–Trinajstić information content (AvgIpc) is 2.60. The van der Waals surface area contributed by atoms with Gasteiger partial charge in [-0.15, -0.1) is 0 Å². The highest BCUT2D eigenvalue weighted by Crippen LogP contribution is 2.08. The SMILES string of the molecule is CI.COC(=O)C[C@@H]1CCCN1. The molecular formula is C8H16INO2. The van der Waals surface area contributed by atoms with Crippen LogP contribution in [0, 0.1) is 0 Å². The van der Waals surface area contributed by atoms with Gasteiger partial charge in [0.1, 0.15) is 0 Å². The van der Waals surface area contributed by atoms with Crippen molar-refractivity contribution >= 4 is 28.6 Å². The number of carbonyl (C=O) groups is 1. The van der Waals surface area contributed by atoms with E-state index in [1.54, 1.807) is 0 Å². The van der Waals surface area contributed by atoms with Gasteiger partial charge in [-0.25, -0.2) is 0 Å². The Morgan fingerprint density at radius 3 is 2.75 bits per heavy atom. The number of rotatable bonds is 2. The number of alkyl halides is 1. The third kappa shape index (κ3) is 4.92. The number of hydrogen-bond acceptors (Lipinski definition) is 3. The molecule has 72 valence electrons. The minimum absolute atomic E-state index is 0.112. The topological polar surface area (TPSA) is 38.3 Å². The maximum atomic E-state index is 10.7. The normalized spacial score (nSPS) is 21.1. The van der Waals surface area contributed by atoms with Crippen LogP contribution in [0.2, 0.25) is 0 Å². The first-order valence-corrected chi connectivity index (χ1v) is 6.16. The van der Waals surface area contributed by atoms with Crippen molar-refractivity contribution in [1.29, 1.82) is 0 Å². The van der Waals surface area contributed by atoms with E-state index in [-0.39, 0.29) is 5.97 Å². The Morgan fingerprint density at radius 2 is 2.33 bits per heavy atom. The van der Waals surface area contributed by atoms with Gasteiger partial charge in [-0.2, -0.15) is 0 Å². The number of hydrogen-bond donors (Lipinski definition) is 1. The molecule has 0 bridgehead atoms. The number of methoxy groups -OCH3 is 1. The summed E-state index contributed by atoms with van der Waals surface area (Å²) >= 11 is 2.15. The van der Waals surface area contributed by atoms with Crippen LogP contribution in [-0.4, -0.2) is 30.6 Å². The smallest absolute Gasteiger partial charge is 0.307 e. The van der Waals surface area contributed by atoms with E-state index >= 15 is 0 Å². The molecule has 0 spiro atoms. The predicted molar refractivity (Wildman–Crippen MR) is 57.6 cm³/mol. The van der Waals surface area contributed by atoms with Gasteiger partial charge >= 0.3 is 5.97 Å². The lowest BCUT2D eigenvalue weighted by Gasteiger charge is -2.06. The second-order valence-electron chi connectivity index (χ2n) is 2.57. The molecule has 1 aliphatic heterocycles. The molecule has 1 rings (SSSR count). The summed E-state index contributed by atoms with van der Waals surface area (Å²) in [7, 11) is 1.43. The van der Waals surface area contributed by atoms with E-state index in [1.807, 2.05) is 4.93 Å². The summed E-state index contributed by atoms with van der Waals surface area (Å²) in [5.74, 6) is -0.112. The van der Waals surface area contributed by atoms with Gasteiger partial charge in [0.05, 0.1) is 13.5 Å². The molecule has 0 unspecified atom stereocenters. The van der Waals surface area contributed by atoms with Crippen molar-refractivity contribution in [1.82, 2.24) is 5.32 Å². The highest BCUT2D eigenvalue weighted by Gasteiger charge is 2.17. The summed E-state index contributed by atoms with van der Waals surface area (Å²) in [4.78, 5) is 12.7. The van der Waals surface area contributed by atoms with E-state index < -0.39 is 0 Å².